The number of aliphatic hydroxyl groups excluding tert-OH is 1. The lowest BCUT2D eigenvalue weighted by Crippen LogP contribution is -2.32. The number of hydrogen-bond acceptors (Lipinski definition) is 3. The van der Waals surface area contributed by atoms with Gasteiger partial charge in [0.15, 0.2) is 0 Å². The Bertz CT molecular complexity index is 631. The number of aliphatic hydroxyl groups is 1. The second-order valence-electron chi connectivity index (χ2n) is 4.68. The van der Waals surface area contributed by atoms with Gasteiger partial charge in [0.2, 0.25) is 5.91 Å². The van der Waals surface area contributed by atoms with Crippen molar-refractivity contribution >= 4 is 28.9 Å². The summed E-state index contributed by atoms with van der Waals surface area (Å²) in [6.45, 7) is 1.68. The van der Waals surface area contributed by atoms with Gasteiger partial charge < -0.3 is 15.7 Å². The number of benzene rings is 2. The summed E-state index contributed by atoms with van der Waals surface area (Å²) in [5.41, 5.74) is 2.14. The fraction of sp³-hybridized carbons (Fsp3) is 0.188. The highest BCUT2D eigenvalue weighted by molar-refractivity contribution is 6.30. The van der Waals surface area contributed by atoms with E-state index in [4.69, 9.17) is 11.6 Å². The van der Waals surface area contributed by atoms with Crippen molar-refractivity contribution in [3.63, 3.8) is 0 Å². The van der Waals surface area contributed by atoms with E-state index in [0.717, 1.165) is 11.3 Å². The minimum absolute atomic E-state index is 0.0776. The van der Waals surface area contributed by atoms with E-state index < -0.39 is 6.04 Å². The molecule has 2 aromatic rings. The van der Waals surface area contributed by atoms with Crippen molar-refractivity contribution in [3.8, 4) is 0 Å². The quantitative estimate of drug-likeness (QED) is 0.794. The molecule has 0 spiro atoms. The number of nitrogens with one attached hydrogen (secondary N) is 2. The molecule has 0 saturated heterocycles. The molecule has 3 N–H and O–H groups in total. The first-order valence-corrected chi connectivity index (χ1v) is 6.99. The molecule has 0 aliphatic rings. The zero-order valence-electron chi connectivity index (χ0n) is 11.6. The van der Waals surface area contributed by atoms with Crippen LogP contribution in [0.15, 0.2) is 48.5 Å². The van der Waals surface area contributed by atoms with E-state index in [1.165, 1.54) is 0 Å². The average Bonchev–Trinajstić information content (AvgIpc) is 2.47. The van der Waals surface area contributed by atoms with E-state index in [9.17, 15) is 9.90 Å². The summed E-state index contributed by atoms with van der Waals surface area (Å²) in [4.78, 5) is 12.1. The second kappa shape index (κ2) is 7.11. The molecule has 1 atom stereocenters. The molecule has 2 aromatic carbocycles. The van der Waals surface area contributed by atoms with Gasteiger partial charge in [-0.15, -0.1) is 0 Å². The molecule has 0 aromatic heterocycles. The molecule has 0 saturated carbocycles. The van der Waals surface area contributed by atoms with Crippen molar-refractivity contribution in [2.75, 3.05) is 10.6 Å². The topological polar surface area (TPSA) is 61.4 Å². The number of carbonyl (C=O) groups excluding carboxylic acids is 1. The third kappa shape index (κ3) is 4.21. The predicted molar refractivity (Wildman–Crippen MR) is 85.5 cm³/mol. The molecule has 110 valence electrons. The van der Waals surface area contributed by atoms with Crippen LogP contribution in [0.3, 0.4) is 0 Å². The lowest BCUT2D eigenvalue weighted by molar-refractivity contribution is -0.116. The molecule has 0 aliphatic heterocycles. The lowest BCUT2D eigenvalue weighted by atomic mass is 10.1. The van der Waals surface area contributed by atoms with E-state index in [0.29, 0.717) is 10.7 Å². The van der Waals surface area contributed by atoms with Crippen LogP contribution in [-0.4, -0.2) is 17.1 Å². The van der Waals surface area contributed by atoms with E-state index in [2.05, 4.69) is 10.6 Å². The molecule has 0 radical (unpaired) electrons. The van der Waals surface area contributed by atoms with Crippen LogP contribution in [0.4, 0.5) is 11.4 Å². The molecule has 1 amide bonds. The van der Waals surface area contributed by atoms with Crippen LogP contribution in [0.5, 0.6) is 0 Å². The molecule has 4 nitrogen and oxygen atoms in total. The zero-order chi connectivity index (χ0) is 15.2. The van der Waals surface area contributed by atoms with Gasteiger partial charge in [0.25, 0.3) is 0 Å². The van der Waals surface area contributed by atoms with Crippen molar-refractivity contribution in [2.45, 2.75) is 19.6 Å². The Balaban J connectivity index is 2.02. The van der Waals surface area contributed by atoms with Crippen LogP contribution in [0.1, 0.15) is 12.5 Å². The first-order valence-electron chi connectivity index (χ1n) is 6.62. The summed E-state index contributed by atoms with van der Waals surface area (Å²) < 4.78 is 0. The van der Waals surface area contributed by atoms with Crippen LogP contribution >= 0.6 is 11.6 Å². The Kier molecular flexibility index (Phi) is 5.20. The number of carbonyl (C=O) groups is 1. The van der Waals surface area contributed by atoms with Crippen molar-refractivity contribution in [1.82, 2.24) is 0 Å². The summed E-state index contributed by atoms with van der Waals surface area (Å²) >= 11 is 5.88. The summed E-state index contributed by atoms with van der Waals surface area (Å²) in [5.74, 6) is -0.176. The van der Waals surface area contributed by atoms with Crippen LogP contribution in [0, 0.1) is 0 Å². The number of para-hydroxylation sites is 1. The van der Waals surface area contributed by atoms with Crippen LogP contribution in [0.25, 0.3) is 0 Å². The molecule has 0 aliphatic carbocycles. The van der Waals surface area contributed by atoms with Gasteiger partial charge in [-0.3, -0.25) is 4.79 Å². The third-order valence-corrected chi connectivity index (χ3v) is 3.28. The van der Waals surface area contributed by atoms with Crippen LogP contribution < -0.4 is 10.6 Å². The Morgan fingerprint density at radius 1 is 1.24 bits per heavy atom. The van der Waals surface area contributed by atoms with E-state index in [1.54, 1.807) is 31.2 Å². The highest BCUT2D eigenvalue weighted by Gasteiger charge is 2.14. The van der Waals surface area contributed by atoms with Gasteiger partial charge in [-0.25, -0.2) is 0 Å². The summed E-state index contributed by atoms with van der Waals surface area (Å²) in [6.07, 6.45) is 0. The highest BCUT2D eigenvalue weighted by atomic mass is 35.5. The first-order chi connectivity index (χ1) is 10.1. The predicted octanol–water partition coefficient (Wildman–Crippen LogP) is 3.27. The van der Waals surface area contributed by atoms with Gasteiger partial charge in [0.1, 0.15) is 6.04 Å². The van der Waals surface area contributed by atoms with Crippen LogP contribution in [-0.2, 0) is 11.4 Å². The van der Waals surface area contributed by atoms with E-state index in [1.807, 2.05) is 24.3 Å². The number of hydrogen-bond donors (Lipinski definition) is 3. The summed E-state index contributed by atoms with van der Waals surface area (Å²) in [6, 6.07) is 13.9. The fourth-order valence-corrected chi connectivity index (χ4v) is 2.10. The van der Waals surface area contributed by atoms with Gasteiger partial charge >= 0.3 is 0 Å². The van der Waals surface area contributed by atoms with E-state index in [-0.39, 0.29) is 12.5 Å². The SMILES string of the molecule is C[C@H](Nc1ccccc1CO)C(=O)Nc1cccc(Cl)c1. The first kappa shape index (κ1) is 15.4. The number of rotatable bonds is 5. The molecule has 0 bridgehead atoms. The number of halogens is 1. The number of anilines is 2. The number of amides is 1. The van der Waals surface area contributed by atoms with Gasteiger partial charge in [-0.05, 0) is 31.2 Å². The van der Waals surface area contributed by atoms with Crippen molar-refractivity contribution < 1.29 is 9.90 Å². The van der Waals surface area contributed by atoms with Crippen molar-refractivity contribution in [1.29, 1.82) is 0 Å². The highest BCUT2D eigenvalue weighted by Crippen LogP contribution is 2.18. The molecule has 2 rings (SSSR count). The maximum Gasteiger partial charge on any atom is 0.246 e. The standard InChI is InChI=1S/C16H17ClN2O2/c1-11(18-15-8-3-2-5-12(15)10-20)16(21)19-14-7-4-6-13(17)9-14/h2-9,11,18,20H,10H2,1H3,(H,19,21)/t11-/m0/s1. The Labute approximate surface area is 128 Å². The zero-order valence-corrected chi connectivity index (χ0v) is 12.4. The normalized spacial score (nSPS) is 11.8. The molecule has 21 heavy (non-hydrogen) atoms. The molecule has 0 fully saturated rings. The average molecular weight is 305 g/mol. The summed E-state index contributed by atoms with van der Waals surface area (Å²) in [7, 11) is 0. The second-order valence-corrected chi connectivity index (χ2v) is 5.12. The molecular formula is C16H17ClN2O2. The lowest BCUT2D eigenvalue weighted by Gasteiger charge is -2.17. The van der Waals surface area contributed by atoms with Gasteiger partial charge in [0.05, 0.1) is 6.61 Å². The van der Waals surface area contributed by atoms with Gasteiger partial charge in [0, 0.05) is 22.0 Å². The summed E-state index contributed by atoms with van der Waals surface area (Å²) in [5, 5.41) is 15.7. The monoisotopic (exact) mass is 304 g/mol. The molecule has 0 unspecified atom stereocenters. The maximum atomic E-state index is 12.1. The molecular weight excluding hydrogens is 288 g/mol. The van der Waals surface area contributed by atoms with Gasteiger partial charge in [-0.2, -0.15) is 0 Å². The minimum Gasteiger partial charge on any atom is -0.392 e. The van der Waals surface area contributed by atoms with Crippen LogP contribution in [0.2, 0.25) is 5.02 Å². The Morgan fingerprint density at radius 3 is 2.71 bits per heavy atom. The molecule has 5 heteroatoms. The van der Waals surface area contributed by atoms with Gasteiger partial charge in [-0.1, -0.05) is 35.9 Å². The largest absolute Gasteiger partial charge is 0.392 e. The van der Waals surface area contributed by atoms with Crippen molar-refractivity contribution in [2.24, 2.45) is 0 Å². The molecule has 0 heterocycles. The van der Waals surface area contributed by atoms with Crippen molar-refractivity contribution in [3.05, 3.63) is 59.1 Å². The smallest absolute Gasteiger partial charge is 0.246 e. The van der Waals surface area contributed by atoms with E-state index >= 15 is 0 Å². The Hall–Kier alpha value is -2.04. The Morgan fingerprint density at radius 2 is 2.00 bits per heavy atom. The maximum absolute atomic E-state index is 12.1. The minimum atomic E-state index is -0.448. The third-order valence-electron chi connectivity index (χ3n) is 3.05. The fourth-order valence-electron chi connectivity index (χ4n) is 1.91.